The zero-order valence-electron chi connectivity index (χ0n) is 16.2. The van der Waals surface area contributed by atoms with Crippen LogP contribution in [0.25, 0.3) is 16.2 Å². The van der Waals surface area contributed by atoms with Crippen LogP contribution in [0.5, 0.6) is 0 Å². The van der Waals surface area contributed by atoms with E-state index in [1.54, 1.807) is 4.40 Å². The van der Waals surface area contributed by atoms with Crippen molar-refractivity contribution in [3.63, 3.8) is 0 Å². The lowest BCUT2D eigenvalue weighted by Gasteiger charge is -2.16. The quantitative estimate of drug-likeness (QED) is 0.445. The van der Waals surface area contributed by atoms with Crippen LogP contribution in [0.4, 0.5) is 5.69 Å². The molecular formula is C22H19BrN4O2S. The second-order valence-electron chi connectivity index (χ2n) is 6.89. The fraction of sp³-hybridized carbons (Fsp3) is 0.136. The topological polar surface area (TPSA) is 66.7 Å². The number of rotatable bonds is 6. The molecule has 0 aliphatic heterocycles. The van der Waals surface area contributed by atoms with Gasteiger partial charge in [0.1, 0.15) is 0 Å². The van der Waals surface area contributed by atoms with Gasteiger partial charge in [-0.1, -0.05) is 42.5 Å². The number of likely N-dealkylation sites (N-methyl/N-ethyl adjacent to an activating group) is 1. The third kappa shape index (κ3) is 4.51. The molecule has 0 unspecified atom stereocenters. The van der Waals surface area contributed by atoms with Crippen LogP contribution in [-0.2, 0) is 11.3 Å². The van der Waals surface area contributed by atoms with Crippen molar-refractivity contribution in [2.45, 2.75) is 6.54 Å². The van der Waals surface area contributed by atoms with Crippen molar-refractivity contribution >= 4 is 43.8 Å². The van der Waals surface area contributed by atoms with Gasteiger partial charge in [-0.25, -0.2) is 4.98 Å². The largest absolute Gasteiger partial charge is 0.324 e. The normalized spacial score (nSPS) is 11.2. The molecule has 2 aromatic heterocycles. The smallest absolute Gasteiger partial charge is 0.259 e. The highest BCUT2D eigenvalue weighted by molar-refractivity contribution is 9.10. The van der Waals surface area contributed by atoms with E-state index in [4.69, 9.17) is 0 Å². The van der Waals surface area contributed by atoms with E-state index < -0.39 is 0 Å². The lowest BCUT2D eigenvalue weighted by molar-refractivity contribution is -0.117. The van der Waals surface area contributed by atoms with E-state index in [-0.39, 0.29) is 18.0 Å². The summed E-state index contributed by atoms with van der Waals surface area (Å²) in [6.45, 7) is 0.579. The van der Waals surface area contributed by atoms with Gasteiger partial charge in [0, 0.05) is 22.5 Å². The number of aromatic nitrogens is 2. The lowest BCUT2D eigenvalue weighted by Crippen LogP contribution is -2.30. The predicted molar refractivity (Wildman–Crippen MR) is 124 cm³/mol. The molecule has 8 heteroatoms. The van der Waals surface area contributed by atoms with E-state index in [1.165, 1.54) is 17.4 Å². The van der Waals surface area contributed by atoms with Crippen LogP contribution in [0.2, 0.25) is 0 Å². The molecule has 1 N–H and O–H groups in total. The molecular weight excluding hydrogens is 464 g/mol. The molecule has 0 bridgehead atoms. The molecule has 4 rings (SSSR count). The van der Waals surface area contributed by atoms with Crippen molar-refractivity contribution in [3.05, 3.63) is 86.6 Å². The Balaban J connectivity index is 1.48. The second kappa shape index (κ2) is 8.91. The predicted octanol–water partition coefficient (Wildman–Crippen LogP) is 4.26. The monoisotopic (exact) mass is 482 g/mol. The summed E-state index contributed by atoms with van der Waals surface area (Å²) in [5.41, 5.74) is 3.04. The van der Waals surface area contributed by atoms with Gasteiger partial charge < -0.3 is 5.32 Å². The molecule has 0 saturated heterocycles. The lowest BCUT2D eigenvalue weighted by atomic mass is 10.2. The maximum atomic E-state index is 12.8. The van der Waals surface area contributed by atoms with E-state index in [2.05, 4.69) is 26.2 Å². The summed E-state index contributed by atoms with van der Waals surface area (Å²) < 4.78 is 2.46. The van der Waals surface area contributed by atoms with Gasteiger partial charge in [-0.3, -0.25) is 18.9 Å². The number of nitrogens with zero attached hydrogens (tertiary/aromatic N) is 3. The third-order valence-corrected chi connectivity index (χ3v) is 6.04. The summed E-state index contributed by atoms with van der Waals surface area (Å²) in [5.74, 6) is -0.135. The fourth-order valence-corrected chi connectivity index (χ4v) is 4.49. The average Bonchev–Trinajstić information content (AvgIpc) is 3.15. The fourth-order valence-electron chi connectivity index (χ4n) is 3.19. The Morgan fingerprint density at radius 3 is 2.67 bits per heavy atom. The van der Waals surface area contributed by atoms with Crippen LogP contribution in [0, 0.1) is 0 Å². The number of nitrogens with one attached hydrogen (secondary N) is 1. The highest BCUT2D eigenvalue weighted by Gasteiger charge is 2.13. The minimum Gasteiger partial charge on any atom is -0.324 e. The van der Waals surface area contributed by atoms with E-state index in [0.29, 0.717) is 17.2 Å². The van der Waals surface area contributed by atoms with Gasteiger partial charge in [0.15, 0.2) is 4.96 Å². The number of fused-ring (bicyclic) bond motifs is 1. The minimum atomic E-state index is -0.135. The first-order valence-corrected chi connectivity index (χ1v) is 11.0. The van der Waals surface area contributed by atoms with E-state index in [0.717, 1.165) is 21.4 Å². The summed E-state index contributed by atoms with van der Waals surface area (Å²) in [5, 5.41) is 4.82. The first kappa shape index (κ1) is 20.5. The molecule has 0 aliphatic rings. The Morgan fingerprint density at radius 2 is 1.90 bits per heavy atom. The van der Waals surface area contributed by atoms with Crippen LogP contribution >= 0.6 is 27.3 Å². The maximum Gasteiger partial charge on any atom is 0.259 e. The molecule has 0 fully saturated rings. The molecule has 1 amide bonds. The van der Waals surface area contributed by atoms with Crippen LogP contribution in [0.3, 0.4) is 0 Å². The van der Waals surface area contributed by atoms with Gasteiger partial charge in [0.25, 0.3) is 5.56 Å². The van der Waals surface area contributed by atoms with Crippen molar-refractivity contribution in [1.82, 2.24) is 14.3 Å². The maximum absolute atomic E-state index is 12.8. The van der Waals surface area contributed by atoms with Gasteiger partial charge in [-0.05, 0) is 40.7 Å². The van der Waals surface area contributed by atoms with Crippen molar-refractivity contribution < 1.29 is 4.79 Å². The molecule has 2 aromatic carbocycles. The Hall–Kier alpha value is -2.81. The second-order valence-corrected chi connectivity index (χ2v) is 8.58. The highest BCUT2D eigenvalue weighted by Crippen LogP contribution is 2.24. The number of hydrogen-bond donors (Lipinski definition) is 1. The van der Waals surface area contributed by atoms with E-state index in [1.807, 2.05) is 71.9 Å². The zero-order chi connectivity index (χ0) is 21.1. The van der Waals surface area contributed by atoms with Gasteiger partial charge in [-0.2, -0.15) is 0 Å². The molecule has 6 nitrogen and oxygen atoms in total. The molecule has 0 aliphatic carbocycles. The van der Waals surface area contributed by atoms with Crippen LogP contribution in [-0.4, -0.2) is 33.8 Å². The summed E-state index contributed by atoms with van der Waals surface area (Å²) in [6, 6.07) is 18.8. The number of thiazole rings is 1. The number of hydrogen-bond acceptors (Lipinski definition) is 5. The number of halogens is 1. The Labute approximate surface area is 185 Å². The van der Waals surface area contributed by atoms with Gasteiger partial charge in [0.05, 0.1) is 23.6 Å². The van der Waals surface area contributed by atoms with Crippen LogP contribution in [0.1, 0.15) is 5.69 Å². The van der Waals surface area contributed by atoms with Crippen molar-refractivity contribution in [3.8, 4) is 11.3 Å². The van der Waals surface area contributed by atoms with Crippen molar-refractivity contribution in [1.29, 1.82) is 0 Å². The number of anilines is 1. The minimum absolute atomic E-state index is 0.124. The molecule has 0 atom stereocenters. The zero-order valence-corrected chi connectivity index (χ0v) is 18.6. The summed E-state index contributed by atoms with van der Waals surface area (Å²) in [4.78, 5) is 32.2. The molecule has 0 saturated carbocycles. The van der Waals surface area contributed by atoms with Gasteiger partial charge in [-0.15, -0.1) is 11.3 Å². The summed E-state index contributed by atoms with van der Waals surface area (Å²) in [7, 11) is 1.83. The molecule has 0 spiro atoms. The van der Waals surface area contributed by atoms with E-state index >= 15 is 0 Å². The number of benzene rings is 2. The third-order valence-electron chi connectivity index (χ3n) is 4.52. The molecule has 4 aromatic rings. The Bertz CT molecular complexity index is 1250. The first-order chi connectivity index (χ1) is 14.5. The van der Waals surface area contributed by atoms with Crippen LogP contribution in [0.15, 0.2) is 75.3 Å². The molecule has 30 heavy (non-hydrogen) atoms. The van der Waals surface area contributed by atoms with Crippen molar-refractivity contribution in [2.24, 2.45) is 0 Å². The Morgan fingerprint density at radius 1 is 1.17 bits per heavy atom. The number of carbonyl (C=O) groups is 1. The number of para-hydroxylation sites is 1. The SMILES string of the molecule is CN(CC(=O)Nc1ccccc1Br)Cc1cc(=O)n2c(-c3ccccc3)csc2n1. The first-order valence-electron chi connectivity index (χ1n) is 9.30. The molecule has 2 heterocycles. The highest BCUT2D eigenvalue weighted by atomic mass is 79.9. The van der Waals surface area contributed by atoms with Crippen molar-refractivity contribution in [2.75, 3.05) is 18.9 Å². The van der Waals surface area contributed by atoms with Crippen LogP contribution < -0.4 is 10.9 Å². The molecule has 152 valence electrons. The average molecular weight is 483 g/mol. The molecule has 0 radical (unpaired) electrons. The Kier molecular flexibility index (Phi) is 6.08. The van der Waals surface area contributed by atoms with E-state index in [9.17, 15) is 9.59 Å². The summed E-state index contributed by atoms with van der Waals surface area (Å²) in [6.07, 6.45) is 0. The number of amides is 1. The summed E-state index contributed by atoms with van der Waals surface area (Å²) >= 11 is 4.85. The standard InChI is InChI=1S/C22H19BrN4O2S/c1-26(13-20(28)25-18-10-6-5-9-17(18)23)12-16-11-21(29)27-19(14-30-22(27)24-16)15-7-3-2-4-8-15/h2-11,14H,12-13H2,1H3,(H,25,28). The van der Waals surface area contributed by atoms with Gasteiger partial charge >= 0.3 is 0 Å². The number of carbonyl (C=O) groups excluding carboxylic acids is 1. The van der Waals surface area contributed by atoms with Gasteiger partial charge in [0.2, 0.25) is 5.91 Å².